The third-order valence-corrected chi connectivity index (χ3v) is 8.62. The van der Waals surface area contributed by atoms with Crippen LogP contribution in [0.3, 0.4) is 0 Å². The van der Waals surface area contributed by atoms with Gasteiger partial charge in [0.2, 0.25) is 0 Å². The monoisotopic (exact) mass is 612 g/mol. The second-order valence-electron chi connectivity index (χ2n) is 12.2. The molecule has 44 heavy (non-hydrogen) atoms. The van der Waals surface area contributed by atoms with Crippen LogP contribution in [0.1, 0.15) is 125 Å². The van der Waals surface area contributed by atoms with Gasteiger partial charge in [-0.15, -0.1) is 0 Å². The highest BCUT2D eigenvalue weighted by Gasteiger charge is 2.48. The van der Waals surface area contributed by atoms with Gasteiger partial charge in [-0.05, 0) is 37.8 Å². The van der Waals surface area contributed by atoms with Crippen molar-refractivity contribution >= 4 is 11.6 Å². The Bertz CT molecular complexity index is 1020. The summed E-state index contributed by atoms with van der Waals surface area (Å²) in [7, 11) is 0. The largest absolute Gasteiger partial charge is 0.479 e. The van der Waals surface area contributed by atoms with Crippen molar-refractivity contribution in [3.05, 3.63) is 59.1 Å². The van der Waals surface area contributed by atoms with E-state index in [0.29, 0.717) is 48.6 Å². The van der Waals surface area contributed by atoms with Crippen LogP contribution in [0.15, 0.2) is 47.9 Å². The molecule has 8 heteroatoms. The summed E-state index contributed by atoms with van der Waals surface area (Å²) in [5.41, 5.74) is 0.795. The number of carbonyl (C=O) groups excluding carboxylic acids is 2. The first kappa shape index (κ1) is 36.0. The summed E-state index contributed by atoms with van der Waals surface area (Å²) < 4.78 is 12.7. The van der Waals surface area contributed by atoms with Crippen LogP contribution in [0.25, 0.3) is 0 Å². The predicted octanol–water partition coefficient (Wildman–Crippen LogP) is 6.43. The highest BCUT2D eigenvalue weighted by atomic mass is 16.5. The minimum atomic E-state index is -0.839. The van der Waals surface area contributed by atoms with Gasteiger partial charge >= 0.3 is 0 Å². The number of unbranched alkanes of at least 4 members (excludes halogenated alkanes) is 6. The van der Waals surface area contributed by atoms with Crippen LogP contribution in [0.4, 0.5) is 0 Å². The average molecular weight is 613 g/mol. The molecule has 2 aliphatic rings. The molecule has 1 aromatic carbocycles. The maximum absolute atomic E-state index is 13.9. The van der Waals surface area contributed by atoms with Crippen LogP contribution in [-0.2, 0) is 9.47 Å². The van der Waals surface area contributed by atoms with E-state index in [1.54, 1.807) is 36.4 Å². The van der Waals surface area contributed by atoms with E-state index in [2.05, 4.69) is 24.5 Å². The molecule has 2 aliphatic carbocycles. The van der Waals surface area contributed by atoms with Gasteiger partial charge in [-0.1, -0.05) is 103 Å². The predicted molar refractivity (Wildman–Crippen MR) is 174 cm³/mol. The molecule has 0 aliphatic heterocycles. The number of rotatable bonds is 22. The lowest BCUT2D eigenvalue weighted by atomic mass is 9.70. The van der Waals surface area contributed by atoms with Gasteiger partial charge in [-0.25, -0.2) is 0 Å². The van der Waals surface area contributed by atoms with Crippen LogP contribution in [0.2, 0.25) is 0 Å². The second kappa shape index (κ2) is 19.1. The van der Waals surface area contributed by atoms with Gasteiger partial charge < -0.3 is 19.7 Å². The third-order valence-electron chi connectivity index (χ3n) is 8.62. The molecule has 0 radical (unpaired) electrons. The van der Waals surface area contributed by atoms with Crippen LogP contribution < -0.4 is 10.6 Å². The van der Waals surface area contributed by atoms with Crippen molar-refractivity contribution in [2.24, 2.45) is 11.8 Å². The lowest BCUT2D eigenvalue weighted by Crippen LogP contribution is -2.45. The summed E-state index contributed by atoms with van der Waals surface area (Å²) in [6, 6.07) is 6.94. The van der Waals surface area contributed by atoms with Crippen LogP contribution in [0, 0.1) is 11.8 Å². The lowest BCUT2D eigenvalue weighted by molar-refractivity contribution is 0.0162. The number of allylic oxidation sites excluding steroid dienone is 4. The summed E-state index contributed by atoms with van der Waals surface area (Å²) in [5.74, 6) is -1.16. The molecule has 4 N–H and O–H groups in total. The normalized spacial score (nSPS) is 20.6. The zero-order chi connectivity index (χ0) is 31.9. The van der Waals surface area contributed by atoms with Gasteiger partial charge in [0.15, 0.2) is 11.6 Å². The van der Waals surface area contributed by atoms with E-state index < -0.39 is 36.5 Å². The molecule has 0 fully saturated rings. The highest BCUT2D eigenvalue weighted by molar-refractivity contribution is 6.17. The zero-order valence-electron chi connectivity index (χ0n) is 27.4. The standard InChI is InChI=1S/C36H56N2O6/c1-5-9-11-13-17-25(39)23-37-31(7-3)43-29-21-22-30(44-32(8-4)38-24-26(40)18-14-12-10-6-2)34-33(29)35(41)27-19-15-16-20-28(27)36(34)42/h15-16,19-22,25-26,31-34,37-40H,5-14,17-18,23-24H2,1-4H3. The second-order valence-corrected chi connectivity index (χ2v) is 12.2. The fourth-order valence-corrected chi connectivity index (χ4v) is 5.95. The molecule has 246 valence electrons. The number of ketones is 2. The Morgan fingerprint density at radius 3 is 1.43 bits per heavy atom. The van der Waals surface area contributed by atoms with E-state index in [4.69, 9.17) is 9.47 Å². The van der Waals surface area contributed by atoms with Crippen molar-refractivity contribution in [1.29, 1.82) is 0 Å². The number of ether oxygens (including phenoxy) is 2. The molecule has 0 saturated carbocycles. The fourth-order valence-electron chi connectivity index (χ4n) is 5.95. The molecule has 8 nitrogen and oxygen atoms in total. The van der Waals surface area contributed by atoms with Crippen molar-refractivity contribution in [1.82, 2.24) is 10.6 Å². The van der Waals surface area contributed by atoms with E-state index in [0.717, 1.165) is 51.4 Å². The maximum Gasteiger partial charge on any atom is 0.175 e. The van der Waals surface area contributed by atoms with E-state index in [1.165, 1.54) is 12.8 Å². The lowest BCUT2D eigenvalue weighted by Gasteiger charge is -2.37. The van der Waals surface area contributed by atoms with E-state index in [9.17, 15) is 19.8 Å². The molecule has 0 amide bonds. The Kier molecular flexibility index (Phi) is 15.6. The Hall–Kier alpha value is -2.52. The fraction of sp³-hybridized carbons (Fsp3) is 0.667. The first-order valence-corrected chi connectivity index (χ1v) is 17.1. The summed E-state index contributed by atoms with van der Waals surface area (Å²) in [5, 5.41) is 27.6. The zero-order valence-corrected chi connectivity index (χ0v) is 27.4. The van der Waals surface area contributed by atoms with Crippen LogP contribution in [-0.4, -0.2) is 59.5 Å². The molecule has 6 unspecified atom stereocenters. The van der Waals surface area contributed by atoms with Gasteiger partial charge in [0.25, 0.3) is 0 Å². The van der Waals surface area contributed by atoms with Crippen molar-refractivity contribution < 1.29 is 29.3 Å². The summed E-state index contributed by atoms with van der Waals surface area (Å²) in [6.07, 6.45) is 13.2. The molecule has 0 heterocycles. The van der Waals surface area contributed by atoms with E-state index in [1.807, 2.05) is 13.8 Å². The topological polar surface area (TPSA) is 117 Å². The Balaban J connectivity index is 1.74. The third kappa shape index (κ3) is 10.3. The number of aliphatic hydroxyl groups excluding tert-OH is 2. The highest BCUT2D eigenvalue weighted by Crippen LogP contribution is 2.42. The van der Waals surface area contributed by atoms with E-state index in [-0.39, 0.29) is 11.6 Å². The number of fused-ring (bicyclic) bond motifs is 2. The average Bonchev–Trinajstić information content (AvgIpc) is 3.04. The van der Waals surface area contributed by atoms with Crippen LogP contribution >= 0.6 is 0 Å². The molecule has 0 spiro atoms. The SMILES string of the molecule is CCCCCCC(O)CNC(CC)OC1=CC=C(OC(CC)NCC(O)CCCCCC)C2C(=O)c3ccccc3C(=O)C12. The quantitative estimate of drug-likeness (QED) is 0.0875. The minimum Gasteiger partial charge on any atom is -0.479 e. The molecule has 0 aromatic heterocycles. The Morgan fingerprint density at radius 1 is 0.659 bits per heavy atom. The number of aliphatic hydroxyl groups is 2. The molecule has 0 saturated heterocycles. The first-order valence-electron chi connectivity index (χ1n) is 17.1. The molecule has 0 bridgehead atoms. The number of hydrogen-bond donors (Lipinski definition) is 4. The summed E-state index contributed by atoms with van der Waals surface area (Å²) in [6.45, 7) is 9.08. The summed E-state index contributed by atoms with van der Waals surface area (Å²) in [4.78, 5) is 27.8. The van der Waals surface area contributed by atoms with Crippen molar-refractivity contribution in [2.75, 3.05) is 13.1 Å². The molecule has 3 rings (SSSR count). The molecule has 6 atom stereocenters. The minimum absolute atomic E-state index is 0.167. The van der Waals surface area contributed by atoms with Gasteiger partial charge in [0.1, 0.15) is 24.0 Å². The summed E-state index contributed by atoms with van der Waals surface area (Å²) >= 11 is 0. The van der Waals surface area contributed by atoms with Crippen molar-refractivity contribution in [3.63, 3.8) is 0 Å². The number of carbonyl (C=O) groups is 2. The number of hydrogen-bond acceptors (Lipinski definition) is 8. The van der Waals surface area contributed by atoms with Gasteiger partial charge in [0.05, 0.1) is 24.0 Å². The van der Waals surface area contributed by atoms with Crippen molar-refractivity contribution in [2.45, 2.75) is 129 Å². The molecule has 1 aromatic rings. The van der Waals surface area contributed by atoms with E-state index >= 15 is 0 Å². The number of benzene rings is 1. The van der Waals surface area contributed by atoms with Gasteiger partial charge in [0, 0.05) is 24.2 Å². The number of Topliss-reactive ketones (excluding diaryl/α,β-unsaturated/α-hetero) is 2. The Morgan fingerprint density at radius 2 is 1.07 bits per heavy atom. The van der Waals surface area contributed by atoms with Gasteiger partial charge in [-0.3, -0.25) is 20.2 Å². The van der Waals surface area contributed by atoms with Crippen molar-refractivity contribution in [3.8, 4) is 0 Å². The Labute approximate surface area is 264 Å². The first-order chi connectivity index (χ1) is 21.3. The van der Waals surface area contributed by atoms with Gasteiger partial charge in [-0.2, -0.15) is 0 Å². The molecular weight excluding hydrogens is 556 g/mol. The van der Waals surface area contributed by atoms with Crippen LogP contribution in [0.5, 0.6) is 0 Å². The smallest absolute Gasteiger partial charge is 0.175 e. The number of nitrogens with one attached hydrogen (secondary N) is 2. The maximum atomic E-state index is 13.9. The molecular formula is C36H56N2O6.